The number of fused-ring (bicyclic) bond motifs is 3. The molecular formula is C20H18BrFN4OS. The summed E-state index contributed by atoms with van der Waals surface area (Å²) in [7, 11) is 0. The van der Waals surface area contributed by atoms with Gasteiger partial charge in [-0.05, 0) is 52.5 Å². The molecule has 0 unspecified atom stereocenters. The zero-order valence-electron chi connectivity index (χ0n) is 14.9. The van der Waals surface area contributed by atoms with Gasteiger partial charge in [0, 0.05) is 23.5 Å². The van der Waals surface area contributed by atoms with E-state index in [0.717, 1.165) is 40.7 Å². The van der Waals surface area contributed by atoms with E-state index < -0.39 is 0 Å². The maximum atomic E-state index is 13.6. The summed E-state index contributed by atoms with van der Waals surface area (Å²) >= 11 is 5.13. The van der Waals surface area contributed by atoms with Gasteiger partial charge in [-0.2, -0.15) is 5.10 Å². The fourth-order valence-corrected chi connectivity index (χ4v) is 5.77. The Labute approximate surface area is 174 Å². The average Bonchev–Trinajstić information content (AvgIpc) is 3.19. The quantitative estimate of drug-likeness (QED) is 0.601. The number of halogens is 2. The lowest BCUT2D eigenvalue weighted by atomic mass is 10.1. The highest BCUT2D eigenvalue weighted by Crippen LogP contribution is 2.46. The Morgan fingerprint density at radius 2 is 2.25 bits per heavy atom. The van der Waals surface area contributed by atoms with E-state index in [1.807, 2.05) is 16.8 Å². The maximum Gasteiger partial charge on any atom is 0.264 e. The first-order chi connectivity index (χ1) is 13.6. The molecule has 28 heavy (non-hydrogen) atoms. The minimum Gasteiger partial charge on any atom is -0.328 e. The van der Waals surface area contributed by atoms with Crippen LogP contribution >= 0.6 is 27.3 Å². The average molecular weight is 461 g/mol. The Hall–Kier alpha value is -2.03. The highest BCUT2D eigenvalue weighted by atomic mass is 79.9. The summed E-state index contributed by atoms with van der Waals surface area (Å²) in [6.07, 6.45) is 3.72. The summed E-state index contributed by atoms with van der Waals surface area (Å²) in [6, 6.07) is 8.14. The van der Waals surface area contributed by atoms with Gasteiger partial charge in [0.2, 0.25) is 0 Å². The molecule has 1 amide bonds. The van der Waals surface area contributed by atoms with Crippen LogP contribution in [-0.2, 0) is 13.0 Å². The standard InChI is InChI=1S/C20H18BrFN4OS/c21-14-10-24-25-6-2-5-16-13(19(14)25)8-17(28-16)20(27)26-15(9-23)18(26)11-3-1-4-12(22)7-11/h1,3-4,7-8,10,15,18H,2,5-6,9,23H2/t15-,18-,26?/m1/s1. The van der Waals surface area contributed by atoms with Gasteiger partial charge in [0.25, 0.3) is 5.91 Å². The van der Waals surface area contributed by atoms with Crippen molar-refractivity contribution >= 4 is 33.2 Å². The first-order valence-corrected chi connectivity index (χ1v) is 10.8. The third-order valence-corrected chi connectivity index (χ3v) is 7.20. The maximum absolute atomic E-state index is 13.6. The lowest BCUT2D eigenvalue weighted by Gasteiger charge is -2.04. The van der Waals surface area contributed by atoms with Gasteiger partial charge in [-0.1, -0.05) is 12.1 Å². The summed E-state index contributed by atoms with van der Waals surface area (Å²) in [5.41, 5.74) is 8.79. The molecule has 2 aliphatic heterocycles. The number of benzene rings is 1. The van der Waals surface area contributed by atoms with Gasteiger partial charge in [0.05, 0.1) is 33.3 Å². The van der Waals surface area contributed by atoms with Crippen LogP contribution in [0.4, 0.5) is 4.39 Å². The van der Waals surface area contributed by atoms with Gasteiger partial charge in [0.15, 0.2) is 0 Å². The van der Waals surface area contributed by atoms with Gasteiger partial charge in [-0.3, -0.25) is 9.48 Å². The normalized spacial score (nSPS) is 20.5. The molecule has 1 saturated heterocycles. The van der Waals surface area contributed by atoms with E-state index in [-0.39, 0.29) is 23.8 Å². The fraction of sp³-hybridized carbons (Fsp3) is 0.300. The number of carbonyl (C=O) groups is 1. The third kappa shape index (κ3) is 2.82. The SMILES string of the molecule is NC[C@@H]1[C@@H](c2cccc(F)c2)N1C(=O)c1cc2c(s1)CCCn1ncc(Br)c1-2. The summed E-state index contributed by atoms with van der Waals surface area (Å²) in [6.45, 7) is 1.23. The zero-order valence-corrected chi connectivity index (χ0v) is 17.3. The minimum absolute atomic E-state index is 0.0371. The largest absolute Gasteiger partial charge is 0.328 e. The highest BCUT2D eigenvalue weighted by Gasteiger charge is 2.51. The second-order valence-corrected chi connectivity index (χ2v) is 9.12. The van der Waals surface area contributed by atoms with Crippen molar-refractivity contribution in [1.29, 1.82) is 0 Å². The molecule has 8 heteroatoms. The molecule has 3 aromatic rings. The van der Waals surface area contributed by atoms with E-state index in [1.54, 1.807) is 28.5 Å². The Balaban J connectivity index is 1.48. The van der Waals surface area contributed by atoms with Crippen molar-refractivity contribution in [3.63, 3.8) is 0 Å². The van der Waals surface area contributed by atoms with Crippen LogP contribution in [0.5, 0.6) is 0 Å². The van der Waals surface area contributed by atoms with Crippen molar-refractivity contribution < 1.29 is 9.18 Å². The molecule has 1 fully saturated rings. The second kappa shape index (κ2) is 6.79. The number of rotatable bonds is 3. The molecule has 2 aromatic heterocycles. The number of aromatic nitrogens is 2. The molecule has 4 heterocycles. The highest BCUT2D eigenvalue weighted by molar-refractivity contribution is 9.10. The smallest absolute Gasteiger partial charge is 0.264 e. The van der Waals surface area contributed by atoms with E-state index in [1.165, 1.54) is 17.0 Å². The molecule has 5 nitrogen and oxygen atoms in total. The summed E-state index contributed by atoms with van der Waals surface area (Å²) in [5.74, 6) is -0.335. The molecule has 0 bridgehead atoms. The Morgan fingerprint density at radius 1 is 1.39 bits per heavy atom. The van der Waals surface area contributed by atoms with E-state index >= 15 is 0 Å². The molecule has 0 radical (unpaired) electrons. The number of nitrogens with two attached hydrogens (primary N) is 1. The first-order valence-electron chi connectivity index (χ1n) is 9.21. The van der Waals surface area contributed by atoms with E-state index in [9.17, 15) is 9.18 Å². The molecule has 2 atom stereocenters. The van der Waals surface area contributed by atoms with Crippen LogP contribution in [0.15, 0.2) is 41.0 Å². The van der Waals surface area contributed by atoms with Gasteiger partial charge >= 0.3 is 0 Å². The molecule has 1 aromatic carbocycles. The number of hydrogen-bond acceptors (Lipinski definition) is 4. The van der Waals surface area contributed by atoms with Crippen LogP contribution in [0, 0.1) is 5.82 Å². The van der Waals surface area contributed by atoms with Crippen molar-refractivity contribution in [2.75, 3.05) is 6.54 Å². The summed E-state index contributed by atoms with van der Waals surface area (Å²) in [4.78, 5) is 16.9. The zero-order chi connectivity index (χ0) is 19.4. The molecule has 0 aliphatic carbocycles. The van der Waals surface area contributed by atoms with Crippen molar-refractivity contribution in [1.82, 2.24) is 14.7 Å². The van der Waals surface area contributed by atoms with E-state index in [2.05, 4.69) is 21.0 Å². The van der Waals surface area contributed by atoms with Gasteiger partial charge in [-0.15, -0.1) is 11.3 Å². The van der Waals surface area contributed by atoms with Gasteiger partial charge in [-0.25, -0.2) is 4.39 Å². The van der Waals surface area contributed by atoms with Crippen LogP contribution in [0.25, 0.3) is 11.3 Å². The van der Waals surface area contributed by atoms with E-state index in [4.69, 9.17) is 5.73 Å². The van der Waals surface area contributed by atoms with Crippen LogP contribution in [-0.4, -0.2) is 33.2 Å². The van der Waals surface area contributed by atoms with E-state index in [0.29, 0.717) is 11.4 Å². The first kappa shape index (κ1) is 18.0. The second-order valence-electron chi connectivity index (χ2n) is 7.13. The van der Waals surface area contributed by atoms with Crippen molar-refractivity contribution in [3.8, 4) is 11.3 Å². The topological polar surface area (TPSA) is 63.9 Å². The van der Waals surface area contributed by atoms with Gasteiger partial charge < -0.3 is 10.6 Å². The van der Waals surface area contributed by atoms with Crippen LogP contribution < -0.4 is 5.73 Å². The van der Waals surface area contributed by atoms with Crippen molar-refractivity contribution in [3.05, 3.63) is 62.1 Å². The molecule has 2 aliphatic rings. The number of hydrogen-bond donors (Lipinski definition) is 1. The summed E-state index contributed by atoms with van der Waals surface area (Å²) < 4.78 is 16.6. The lowest BCUT2D eigenvalue weighted by Crippen LogP contribution is -2.17. The predicted molar refractivity (Wildman–Crippen MR) is 110 cm³/mol. The number of carbonyl (C=O) groups excluding carboxylic acids is 1. The van der Waals surface area contributed by atoms with Crippen molar-refractivity contribution in [2.24, 2.45) is 5.73 Å². The monoisotopic (exact) mass is 460 g/mol. The Morgan fingerprint density at radius 3 is 3.04 bits per heavy atom. The molecule has 144 valence electrons. The Kier molecular flexibility index (Phi) is 4.37. The summed E-state index contributed by atoms with van der Waals surface area (Å²) in [5, 5.41) is 4.43. The van der Waals surface area contributed by atoms with Crippen LogP contribution in [0.2, 0.25) is 0 Å². The van der Waals surface area contributed by atoms with Gasteiger partial charge in [0.1, 0.15) is 5.82 Å². The van der Waals surface area contributed by atoms with Crippen LogP contribution in [0.1, 0.15) is 32.6 Å². The lowest BCUT2D eigenvalue weighted by molar-refractivity contribution is 0.0869. The molecular weight excluding hydrogens is 443 g/mol. The third-order valence-electron chi connectivity index (χ3n) is 5.44. The number of thiophene rings is 1. The number of amides is 1. The number of aryl methyl sites for hydroxylation is 2. The Bertz CT molecular complexity index is 1080. The molecule has 0 saturated carbocycles. The fourth-order valence-electron chi connectivity index (χ4n) is 4.11. The minimum atomic E-state index is -0.298. The molecule has 2 N–H and O–H groups in total. The van der Waals surface area contributed by atoms with Crippen molar-refractivity contribution in [2.45, 2.75) is 31.5 Å². The van der Waals surface area contributed by atoms with Crippen LogP contribution in [0.3, 0.4) is 0 Å². The predicted octanol–water partition coefficient (Wildman–Crippen LogP) is 3.98. The molecule has 0 spiro atoms. The number of nitrogens with zero attached hydrogens (tertiary/aromatic N) is 3. The molecule has 5 rings (SSSR count).